The van der Waals surface area contributed by atoms with Crippen molar-refractivity contribution in [2.45, 2.75) is 83.3 Å². The summed E-state index contributed by atoms with van der Waals surface area (Å²) in [6.45, 7) is 2.39. The van der Waals surface area contributed by atoms with E-state index in [4.69, 9.17) is 9.47 Å². The molecule has 1 aromatic carbocycles. The van der Waals surface area contributed by atoms with Crippen molar-refractivity contribution in [3.63, 3.8) is 0 Å². The SMILES string of the molecule is COc1cc(F)c(OC2CCC(CO)(C(=O)O)CC2)cc1C(=O)N[C@@H]1[C@H]2CC[C@H](C2)[C@@H]1C(=O)NCC1(C)CCC1. The number of carbonyl (C=O) groups excluding carboxylic acids is 2. The summed E-state index contributed by atoms with van der Waals surface area (Å²) in [4.78, 5) is 38.5. The third kappa shape index (κ3) is 5.39. The number of carboxylic acid groups (broad SMARTS) is 1. The molecule has 0 heterocycles. The summed E-state index contributed by atoms with van der Waals surface area (Å²) in [5, 5.41) is 25.4. The highest BCUT2D eigenvalue weighted by Gasteiger charge is 2.52. The number of benzene rings is 1. The summed E-state index contributed by atoms with van der Waals surface area (Å²) in [5.41, 5.74) is -0.924. The minimum atomic E-state index is -1.21. The molecule has 4 aliphatic carbocycles. The first-order valence-corrected chi connectivity index (χ1v) is 14.5. The Hall–Kier alpha value is -2.88. The van der Waals surface area contributed by atoms with E-state index >= 15 is 0 Å². The quantitative estimate of drug-likeness (QED) is 0.343. The molecule has 2 bridgehead atoms. The Balaban J connectivity index is 1.28. The van der Waals surface area contributed by atoms with E-state index in [-0.39, 0.29) is 65.0 Å². The van der Waals surface area contributed by atoms with Crippen LogP contribution < -0.4 is 20.1 Å². The van der Waals surface area contributed by atoms with Crippen LogP contribution in [0.15, 0.2) is 12.1 Å². The van der Waals surface area contributed by atoms with Crippen molar-refractivity contribution < 1.29 is 38.5 Å². The van der Waals surface area contributed by atoms with Gasteiger partial charge in [0.2, 0.25) is 5.91 Å². The number of aliphatic hydroxyl groups excluding tert-OH is 1. The van der Waals surface area contributed by atoms with E-state index in [2.05, 4.69) is 17.6 Å². The van der Waals surface area contributed by atoms with Crippen LogP contribution in [0.1, 0.15) is 81.5 Å². The fraction of sp³-hybridized carbons (Fsp3) is 0.700. The van der Waals surface area contributed by atoms with Crippen LogP contribution in [-0.2, 0) is 9.59 Å². The first kappa shape index (κ1) is 28.6. The Labute approximate surface area is 234 Å². The molecule has 0 radical (unpaired) electrons. The molecule has 0 aliphatic heterocycles. The van der Waals surface area contributed by atoms with Crippen LogP contribution in [0.3, 0.4) is 0 Å². The van der Waals surface area contributed by atoms with E-state index < -0.39 is 35.8 Å². The zero-order valence-electron chi connectivity index (χ0n) is 23.3. The minimum Gasteiger partial charge on any atom is -0.496 e. The minimum absolute atomic E-state index is 0.00154. The highest BCUT2D eigenvalue weighted by Crippen LogP contribution is 2.49. The molecule has 4 fully saturated rings. The molecule has 0 saturated heterocycles. The van der Waals surface area contributed by atoms with Gasteiger partial charge in [0.1, 0.15) is 5.75 Å². The van der Waals surface area contributed by atoms with E-state index in [1.807, 2.05) is 0 Å². The largest absolute Gasteiger partial charge is 0.496 e. The van der Waals surface area contributed by atoms with Crippen molar-refractivity contribution in [2.24, 2.45) is 28.6 Å². The second-order valence-electron chi connectivity index (χ2n) is 12.8. The number of hydrogen-bond donors (Lipinski definition) is 4. The number of halogens is 1. The normalized spacial score (nSPS) is 32.1. The second-order valence-corrected chi connectivity index (χ2v) is 12.8. The maximum atomic E-state index is 15.0. The van der Waals surface area contributed by atoms with Crippen molar-refractivity contribution in [1.82, 2.24) is 10.6 Å². The zero-order chi connectivity index (χ0) is 28.7. The number of carboxylic acids is 1. The number of methoxy groups -OCH3 is 1. The average molecular weight is 561 g/mol. The van der Waals surface area contributed by atoms with E-state index in [9.17, 15) is 29.0 Å². The van der Waals surface area contributed by atoms with Crippen LogP contribution in [0.2, 0.25) is 0 Å². The monoisotopic (exact) mass is 560 g/mol. The van der Waals surface area contributed by atoms with Crippen molar-refractivity contribution in [2.75, 3.05) is 20.3 Å². The first-order valence-electron chi connectivity index (χ1n) is 14.5. The molecule has 4 saturated carbocycles. The molecular formula is C30H41FN2O7. The van der Waals surface area contributed by atoms with E-state index in [0.717, 1.165) is 38.2 Å². The Morgan fingerprint density at radius 3 is 2.35 bits per heavy atom. The molecule has 1 aromatic rings. The number of rotatable bonds is 10. The van der Waals surface area contributed by atoms with Gasteiger partial charge in [-0.2, -0.15) is 0 Å². The van der Waals surface area contributed by atoms with Gasteiger partial charge in [-0.25, -0.2) is 4.39 Å². The van der Waals surface area contributed by atoms with Gasteiger partial charge in [-0.05, 0) is 81.1 Å². The number of amides is 2. The van der Waals surface area contributed by atoms with Gasteiger partial charge in [-0.1, -0.05) is 13.3 Å². The topological polar surface area (TPSA) is 134 Å². The van der Waals surface area contributed by atoms with Crippen LogP contribution in [0, 0.1) is 34.4 Å². The lowest BCUT2D eigenvalue weighted by Gasteiger charge is -2.39. The summed E-state index contributed by atoms with van der Waals surface area (Å²) in [7, 11) is 1.36. The van der Waals surface area contributed by atoms with Crippen LogP contribution in [0.25, 0.3) is 0 Å². The molecule has 4 aliphatic rings. The maximum Gasteiger partial charge on any atom is 0.311 e. The maximum absolute atomic E-state index is 15.0. The first-order chi connectivity index (χ1) is 19.1. The predicted molar refractivity (Wildman–Crippen MR) is 144 cm³/mol. The van der Waals surface area contributed by atoms with Gasteiger partial charge in [-0.15, -0.1) is 0 Å². The summed E-state index contributed by atoms with van der Waals surface area (Å²) >= 11 is 0. The molecule has 10 heteroatoms. The number of carbonyl (C=O) groups is 3. The zero-order valence-corrected chi connectivity index (χ0v) is 23.3. The third-order valence-electron chi connectivity index (χ3n) is 10.2. The lowest BCUT2D eigenvalue weighted by molar-refractivity contribution is -0.155. The highest BCUT2D eigenvalue weighted by atomic mass is 19.1. The fourth-order valence-electron chi connectivity index (χ4n) is 7.33. The van der Waals surface area contributed by atoms with E-state index in [1.165, 1.54) is 19.6 Å². The molecule has 0 spiro atoms. The second kappa shape index (κ2) is 11.2. The van der Waals surface area contributed by atoms with Gasteiger partial charge >= 0.3 is 5.97 Å². The fourth-order valence-corrected chi connectivity index (χ4v) is 7.33. The van der Waals surface area contributed by atoms with Crippen molar-refractivity contribution in [3.05, 3.63) is 23.5 Å². The molecule has 40 heavy (non-hydrogen) atoms. The van der Waals surface area contributed by atoms with Crippen LogP contribution in [0.4, 0.5) is 4.39 Å². The standard InChI is InChI=1S/C30H41FN2O7/c1-29(8-3-9-29)15-32-27(36)24-17-4-5-18(12-17)25(24)33-26(35)20-13-23(21(31)14-22(20)39-2)40-19-6-10-30(16-34,11-7-19)28(37)38/h13-14,17-19,24-25,34H,3-12,15-16H2,1-2H3,(H,32,36)(H,33,35)(H,37,38)/t17-,18+,19?,24+,25-,30?/m1/s1. The van der Waals surface area contributed by atoms with E-state index in [0.29, 0.717) is 19.4 Å². The van der Waals surface area contributed by atoms with Gasteiger partial charge in [0.15, 0.2) is 11.6 Å². The Morgan fingerprint density at radius 2 is 1.75 bits per heavy atom. The molecule has 4 N–H and O–H groups in total. The molecular weight excluding hydrogens is 519 g/mol. The molecule has 2 amide bonds. The number of aliphatic carboxylic acids is 1. The number of nitrogens with one attached hydrogen (secondary N) is 2. The Kier molecular flexibility index (Phi) is 8.01. The third-order valence-corrected chi connectivity index (χ3v) is 10.2. The summed E-state index contributed by atoms with van der Waals surface area (Å²) in [6.07, 6.45) is 6.90. The molecule has 0 aromatic heterocycles. The van der Waals surface area contributed by atoms with Gasteiger partial charge in [0, 0.05) is 18.7 Å². The predicted octanol–water partition coefficient (Wildman–Crippen LogP) is 3.67. The van der Waals surface area contributed by atoms with Crippen molar-refractivity contribution in [3.8, 4) is 11.5 Å². The van der Waals surface area contributed by atoms with Gasteiger partial charge < -0.3 is 30.3 Å². The Morgan fingerprint density at radius 1 is 1.05 bits per heavy atom. The lowest BCUT2D eigenvalue weighted by atomic mass is 9.70. The molecule has 220 valence electrons. The number of aliphatic hydroxyl groups is 1. The van der Waals surface area contributed by atoms with Gasteiger partial charge in [-0.3, -0.25) is 14.4 Å². The average Bonchev–Trinajstić information content (AvgIpc) is 3.54. The summed E-state index contributed by atoms with van der Waals surface area (Å²) in [5.74, 6) is -2.07. The van der Waals surface area contributed by atoms with Crippen molar-refractivity contribution >= 4 is 17.8 Å². The summed E-state index contributed by atoms with van der Waals surface area (Å²) < 4.78 is 26.2. The molecule has 4 atom stereocenters. The smallest absolute Gasteiger partial charge is 0.311 e. The number of fused-ring (bicyclic) bond motifs is 2. The molecule has 0 unspecified atom stereocenters. The lowest BCUT2D eigenvalue weighted by Crippen LogP contribution is -2.51. The molecule has 9 nitrogen and oxygen atoms in total. The Bertz CT molecular complexity index is 1150. The number of hydrogen-bond acceptors (Lipinski definition) is 6. The van der Waals surface area contributed by atoms with Crippen LogP contribution in [0.5, 0.6) is 11.5 Å². The molecule has 5 rings (SSSR count). The van der Waals surface area contributed by atoms with Crippen LogP contribution >= 0.6 is 0 Å². The van der Waals surface area contributed by atoms with Crippen LogP contribution in [-0.4, -0.2) is 60.4 Å². The van der Waals surface area contributed by atoms with Gasteiger partial charge in [0.05, 0.1) is 36.7 Å². The number of ether oxygens (including phenoxy) is 2. The van der Waals surface area contributed by atoms with Crippen molar-refractivity contribution in [1.29, 1.82) is 0 Å². The van der Waals surface area contributed by atoms with E-state index in [1.54, 1.807) is 0 Å². The summed E-state index contributed by atoms with van der Waals surface area (Å²) in [6, 6.07) is 2.14. The highest BCUT2D eigenvalue weighted by molar-refractivity contribution is 5.98. The van der Waals surface area contributed by atoms with Gasteiger partial charge in [0.25, 0.3) is 5.91 Å².